The van der Waals surface area contributed by atoms with E-state index in [4.69, 9.17) is 9.84 Å². The number of aliphatic hydroxyl groups is 4. The summed E-state index contributed by atoms with van der Waals surface area (Å²) in [6.07, 6.45) is 25.4. The fourth-order valence-corrected chi connectivity index (χ4v) is 7.77. The molecule has 1 heterocycles. The summed E-state index contributed by atoms with van der Waals surface area (Å²) in [4.78, 5) is 52.0. The van der Waals surface area contributed by atoms with E-state index in [9.17, 15) is 39.6 Å². The highest BCUT2D eigenvalue weighted by atomic mass is 16.5. The van der Waals surface area contributed by atoms with Gasteiger partial charge in [-0.05, 0) is 12.8 Å². The van der Waals surface area contributed by atoms with Crippen molar-refractivity contribution in [3.05, 3.63) is 0 Å². The van der Waals surface area contributed by atoms with Crippen LogP contribution in [0, 0.1) is 0 Å². The molecule has 58 heavy (non-hydrogen) atoms. The summed E-state index contributed by atoms with van der Waals surface area (Å²) < 4.78 is 6.08. The molecule has 0 saturated carbocycles. The number of carbonyl (C=O) groups is 4. The molecular formula is C45H85N3O10. The molecule has 13 nitrogen and oxygen atoms in total. The molecule has 0 radical (unpaired) electrons. The van der Waals surface area contributed by atoms with Gasteiger partial charge in [0.1, 0.15) is 30.4 Å². The van der Waals surface area contributed by atoms with Crippen molar-refractivity contribution in [3.8, 4) is 0 Å². The smallest absolute Gasteiger partial charge is 0.303 e. The van der Waals surface area contributed by atoms with Crippen molar-refractivity contribution in [1.82, 2.24) is 15.5 Å². The van der Waals surface area contributed by atoms with E-state index in [2.05, 4.69) is 24.5 Å². The van der Waals surface area contributed by atoms with Gasteiger partial charge in [-0.3, -0.25) is 19.2 Å². The van der Waals surface area contributed by atoms with E-state index in [1.54, 1.807) is 0 Å². The lowest BCUT2D eigenvalue weighted by molar-refractivity contribution is -0.231. The number of carboxylic acids is 1. The molecule has 0 spiro atoms. The Kier molecular flexibility index (Phi) is 32.8. The first kappa shape index (κ1) is 53.7. The number of rotatable bonds is 38. The van der Waals surface area contributed by atoms with Crippen LogP contribution in [0.5, 0.6) is 0 Å². The predicted octanol–water partition coefficient (Wildman–Crippen LogP) is 7.04. The number of aliphatic carboxylic acids is 1. The van der Waals surface area contributed by atoms with E-state index in [0.29, 0.717) is 12.8 Å². The molecule has 1 rings (SSSR count). The van der Waals surface area contributed by atoms with Gasteiger partial charge in [0.15, 0.2) is 6.23 Å². The molecule has 13 heteroatoms. The number of unbranched alkanes of at least 4 members (excludes halogenated alkanes) is 25. The molecule has 6 atom stereocenters. The zero-order valence-corrected chi connectivity index (χ0v) is 36.5. The van der Waals surface area contributed by atoms with Gasteiger partial charge in [0.05, 0.1) is 19.6 Å². The topological polar surface area (TPSA) is 206 Å². The second kappa shape index (κ2) is 35.4. The number of amides is 3. The van der Waals surface area contributed by atoms with Crippen molar-refractivity contribution < 1.29 is 49.4 Å². The van der Waals surface area contributed by atoms with Gasteiger partial charge in [0, 0.05) is 19.4 Å². The summed E-state index contributed by atoms with van der Waals surface area (Å²) in [6.45, 7) is 3.30. The maximum absolute atomic E-state index is 14.0. The summed E-state index contributed by atoms with van der Waals surface area (Å²) in [7, 11) is 0. The maximum atomic E-state index is 14.0. The van der Waals surface area contributed by atoms with Crippen LogP contribution in [0.25, 0.3) is 0 Å². The van der Waals surface area contributed by atoms with Crippen molar-refractivity contribution in [2.45, 2.75) is 243 Å². The Labute approximate surface area is 350 Å². The number of aliphatic hydroxyl groups excluding tert-OH is 4. The van der Waals surface area contributed by atoms with E-state index in [0.717, 1.165) is 44.9 Å². The molecule has 340 valence electrons. The first-order chi connectivity index (χ1) is 28.1. The SMILES string of the molecule is CCCCCCCCCCCCCCCCCC(=O)N(CCCCCCCCCCCCCC)[C@@H]1O[C@H](CO)[C@@H](O)[C@H](O)[C@H]1NC(=O)[C@H](CO)NC(=O)CCC(=O)O. The van der Waals surface area contributed by atoms with Crippen molar-refractivity contribution >= 4 is 23.7 Å². The van der Waals surface area contributed by atoms with E-state index < -0.39 is 80.5 Å². The normalized spacial score (nSPS) is 19.8. The zero-order chi connectivity index (χ0) is 42.8. The molecular weight excluding hydrogens is 743 g/mol. The van der Waals surface area contributed by atoms with Crippen LogP contribution in [0.1, 0.15) is 206 Å². The van der Waals surface area contributed by atoms with Crippen LogP contribution in [0.3, 0.4) is 0 Å². The fraction of sp³-hybridized carbons (Fsp3) is 0.911. The Balaban J connectivity index is 2.84. The van der Waals surface area contributed by atoms with Crippen LogP contribution in [-0.2, 0) is 23.9 Å². The van der Waals surface area contributed by atoms with Gasteiger partial charge >= 0.3 is 5.97 Å². The van der Waals surface area contributed by atoms with E-state index in [-0.39, 0.29) is 18.9 Å². The standard InChI is InChI=1S/C45H85N3O10/c1-3-5-7-9-11-13-15-17-18-19-20-22-24-26-28-30-39(52)48(33-29-27-25-23-21-16-14-12-10-8-6-4-2)45-41(43(56)42(55)37(35-50)58-45)47-44(57)36(34-49)46-38(51)31-32-40(53)54/h36-37,41-43,45,49-50,55-56H,3-35H2,1-2H3,(H,46,51)(H,47,57)(H,53,54)/t36-,37+,41+,42+,43+,45+/m0/s1. The highest BCUT2D eigenvalue weighted by molar-refractivity contribution is 5.89. The highest BCUT2D eigenvalue weighted by Crippen LogP contribution is 2.26. The van der Waals surface area contributed by atoms with Crippen LogP contribution in [-0.4, -0.2) is 111 Å². The molecule has 1 aliphatic rings. The Morgan fingerprint density at radius 3 is 1.43 bits per heavy atom. The minimum Gasteiger partial charge on any atom is -0.481 e. The van der Waals surface area contributed by atoms with Crippen molar-refractivity contribution in [2.75, 3.05) is 19.8 Å². The zero-order valence-electron chi connectivity index (χ0n) is 36.5. The minimum absolute atomic E-state index is 0.219. The molecule has 1 saturated heterocycles. The van der Waals surface area contributed by atoms with Gasteiger partial charge in [-0.25, -0.2) is 0 Å². The number of nitrogens with zero attached hydrogens (tertiary/aromatic N) is 1. The van der Waals surface area contributed by atoms with Gasteiger partial charge in [0.25, 0.3) is 0 Å². The third kappa shape index (κ3) is 24.7. The van der Waals surface area contributed by atoms with Gasteiger partial charge in [-0.2, -0.15) is 0 Å². The van der Waals surface area contributed by atoms with Crippen LogP contribution >= 0.6 is 0 Å². The quantitative estimate of drug-likeness (QED) is 0.0316. The summed E-state index contributed by atoms with van der Waals surface area (Å²) in [5, 5.41) is 55.8. The second-order valence-electron chi connectivity index (χ2n) is 16.6. The molecule has 0 bridgehead atoms. The van der Waals surface area contributed by atoms with Gasteiger partial charge in [-0.15, -0.1) is 0 Å². The lowest BCUT2D eigenvalue weighted by atomic mass is 9.94. The largest absolute Gasteiger partial charge is 0.481 e. The molecule has 0 aromatic heterocycles. The van der Waals surface area contributed by atoms with Crippen LogP contribution < -0.4 is 10.6 Å². The Morgan fingerprint density at radius 2 is 1.02 bits per heavy atom. The molecule has 3 amide bonds. The van der Waals surface area contributed by atoms with E-state index in [1.807, 2.05) is 0 Å². The number of ether oxygens (including phenoxy) is 1. The number of hydrogen-bond acceptors (Lipinski definition) is 9. The summed E-state index contributed by atoms with van der Waals surface area (Å²) in [5.41, 5.74) is 0. The summed E-state index contributed by atoms with van der Waals surface area (Å²) in [6, 6.07) is -2.83. The van der Waals surface area contributed by atoms with Gasteiger partial charge in [-0.1, -0.05) is 174 Å². The second-order valence-corrected chi connectivity index (χ2v) is 16.6. The molecule has 0 aromatic carbocycles. The minimum atomic E-state index is -1.65. The van der Waals surface area contributed by atoms with Crippen LogP contribution in [0.4, 0.5) is 0 Å². The molecule has 1 aliphatic heterocycles. The first-order valence-electron chi connectivity index (χ1n) is 23.4. The van der Waals surface area contributed by atoms with Crippen molar-refractivity contribution in [2.24, 2.45) is 0 Å². The highest BCUT2D eigenvalue weighted by Gasteiger charge is 2.48. The molecule has 1 fully saturated rings. The maximum Gasteiger partial charge on any atom is 0.303 e. The Morgan fingerprint density at radius 1 is 0.586 bits per heavy atom. The number of hydrogen-bond donors (Lipinski definition) is 7. The Bertz CT molecular complexity index is 1070. The van der Waals surface area contributed by atoms with Gasteiger partial charge in [0.2, 0.25) is 17.7 Å². The number of nitrogens with one attached hydrogen (secondary N) is 2. The number of carboxylic acid groups (broad SMARTS) is 1. The Hall–Kier alpha value is -2.32. The lowest BCUT2D eigenvalue weighted by Gasteiger charge is -2.47. The first-order valence-corrected chi connectivity index (χ1v) is 23.4. The van der Waals surface area contributed by atoms with Crippen LogP contribution in [0.2, 0.25) is 0 Å². The summed E-state index contributed by atoms with van der Waals surface area (Å²) in [5.74, 6) is -3.08. The summed E-state index contributed by atoms with van der Waals surface area (Å²) >= 11 is 0. The third-order valence-electron chi connectivity index (χ3n) is 11.5. The lowest BCUT2D eigenvalue weighted by Crippen LogP contribution is -2.70. The predicted molar refractivity (Wildman–Crippen MR) is 228 cm³/mol. The average molecular weight is 828 g/mol. The molecule has 7 N–H and O–H groups in total. The molecule has 0 aromatic rings. The monoisotopic (exact) mass is 828 g/mol. The van der Waals surface area contributed by atoms with E-state index in [1.165, 1.54) is 120 Å². The van der Waals surface area contributed by atoms with Crippen molar-refractivity contribution in [3.63, 3.8) is 0 Å². The van der Waals surface area contributed by atoms with Gasteiger partial charge < -0.3 is 45.8 Å². The molecule has 0 unspecified atom stereocenters. The van der Waals surface area contributed by atoms with Crippen LogP contribution in [0.15, 0.2) is 0 Å². The average Bonchev–Trinajstić information content (AvgIpc) is 3.21. The fourth-order valence-electron chi connectivity index (χ4n) is 7.77. The third-order valence-corrected chi connectivity index (χ3v) is 11.5. The number of carbonyl (C=O) groups excluding carboxylic acids is 3. The van der Waals surface area contributed by atoms with E-state index >= 15 is 0 Å². The van der Waals surface area contributed by atoms with Crippen molar-refractivity contribution in [1.29, 1.82) is 0 Å². The molecule has 0 aliphatic carbocycles.